The van der Waals surface area contributed by atoms with Crippen molar-refractivity contribution in [1.82, 2.24) is 0 Å². The van der Waals surface area contributed by atoms with Gasteiger partial charge in [-0.2, -0.15) is 9.98 Å². The SMILES string of the molecule is CC(C)Cc1cccc(N=C=Nc2cccc(CC(C)C)c2CC(C)C)c1CC(C)C. The fourth-order valence-corrected chi connectivity index (χ4v) is 4.13. The Morgan fingerprint density at radius 2 is 0.903 bits per heavy atom. The van der Waals surface area contributed by atoms with Gasteiger partial charge in [-0.15, -0.1) is 0 Å². The van der Waals surface area contributed by atoms with Crippen molar-refractivity contribution in [2.75, 3.05) is 0 Å². The largest absolute Gasteiger partial charge is 0.187 e. The van der Waals surface area contributed by atoms with Crippen LogP contribution in [-0.4, -0.2) is 6.01 Å². The number of hydrogen-bond donors (Lipinski definition) is 0. The Morgan fingerprint density at radius 3 is 1.23 bits per heavy atom. The van der Waals surface area contributed by atoms with Gasteiger partial charge in [-0.05, 0) is 83.7 Å². The van der Waals surface area contributed by atoms with Gasteiger partial charge in [-0.25, -0.2) is 0 Å². The van der Waals surface area contributed by atoms with Crippen LogP contribution in [0.3, 0.4) is 0 Å². The minimum Gasteiger partial charge on any atom is -0.187 e. The van der Waals surface area contributed by atoms with Crippen molar-refractivity contribution in [1.29, 1.82) is 0 Å². The Hall–Kier alpha value is -2.18. The van der Waals surface area contributed by atoms with Crippen molar-refractivity contribution in [2.24, 2.45) is 33.7 Å². The molecule has 2 aromatic carbocycles. The van der Waals surface area contributed by atoms with Crippen LogP contribution in [0, 0.1) is 23.7 Å². The van der Waals surface area contributed by atoms with Crippen molar-refractivity contribution >= 4 is 17.4 Å². The molecule has 2 aromatic rings. The van der Waals surface area contributed by atoms with Crippen LogP contribution in [0.2, 0.25) is 0 Å². The first kappa shape index (κ1) is 25.1. The summed E-state index contributed by atoms with van der Waals surface area (Å²) in [4.78, 5) is 9.43. The first-order chi connectivity index (χ1) is 14.7. The number of rotatable bonds is 10. The van der Waals surface area contributed by atoms with Crippen molar-refractivity contribution in [3.63, 3.8) is 0 Å². The maximum absolute atomic E-state index is 4.72. The molecule has 0 aliphatic rings. The van der Waals surface area contributed by atoms with Gasteiger partial charge in [-0.1, -0.05) is 79.7 Å². The smallest absolute Gasteiger partial charge is 0.100 e. The summed E-state index contributed by atoms with van der Waals surface area (Å²) in [6.07, 6.45) is 4.23. The van der Waals surface area contributed by atoms with E-state index in [1.54, 1.807) is 0 Å². The second kappa shape index (κ2) is 12.0. The monoisotopic (exact) mass is 418 g/mol. The fraction of sp³-hybridized carbons (Fsp3) is 0.552. The minimum atomic E-state index is 0.588. The minimum absolute atomic E-state index is 0.588. The highest BCUT2D eigenvalue weighted by atomic mass is 14.8. The van der Waals surface area contributed by atoms with Gasteiger partial charge in [-0.3, -0.25) is 0 Å². The van der Waals surface area contributed by atoms with E-state index in [2.05, 4.69) is 97.8 Å². The van der Waals surface area contributed by atoms with Crippen LogP contribution >= 0.6 is 0 Å². The normalized spacial score (nSPS) is 11.5. The summed E-state index contributed by atoms with van der Waals surface area (Å²) in [6, 6.07) is 16.0. The molecule has 2 nitrogen and oxygen atoms in total. The average molecular weight is 419 g/mol. The second-order valence-corrected chi connectivity index (χ2v) is 10.5. The van der Waals surface area contributed by atoms with E-state index in [-0.39, 0.29) is 0 Å². The Labute approximate surface area is 190 Å². The van der Waals surface area contributed by atoms with Gasteiger partial charge >= 0.3 is 0 Å². The zero-order valence-corrected chi connectivity index (χ0v) is 21.0. The second-order valence-electron chi connectivity index (χ2n) is 10.5. The Balaban J connectivity index is 2.46. The standard InChI is InChI=1S/C29H42N2/c1-20(2)15-24-11-9-13-28(26(24)17-22(5)6)30-19-31-29-14-10-12-25(16-21(3)4)27(29)18-23(7)8/h9-14,20-23H,15-18H2,1-8H3. The van der Waals surface area contributed by atoms with Gasteiger partial charge in [0, 0.05) is 0 Å². The van der Waals surface area contributed by atoms with Gasteiger partial charge in [0.25, 0.3) is 0 Å². The van der Waals surface area contributed by atoms with E-state index < -0.39 is 0 Å². The van der Waals surface area contributed by atoms with E-state index in [4.69, 9.17) is 9.98 Å². The molecule has 0 fully saturated rings. The molecule has 0 spiro atoms. The van der Waals surface area contributed by atoms with Crippen LogP contribution in [0.1, 0.15) is 77.6 Å². The summed E-state index contributed by atoms with van der Waals surface area (Å²) in [5.41, 5.74) is 7.55. The quantitative estimate of drug-likeness (QED) is 0.345. The molecule has 0 atom stereocenters. The summed E-state index contributed by atoms with van der Waals surface area (Å²) in [5, 5.41) is 0. The molecule has 0 heterocycles. The molecule has 31 heavy (non-hydrogen) atoms. The fourth-order valence-electron chi connectivity index (χ4n) is 4.13. The summed E-state index contributed by atoms with van der Waals surface area (Å²) in [6.45, 7) is 18.2. The van der Waals surface area contributed by atoms with Gasteiger partial charge in [0.15, 0.2) is 0 Å². The summed E-state index contributed by atoms with van der Waals surface area (Å²) in [5.74, 6) is 2.43. The number of nitrogens with zero attached hydrogens (tertiary/aromatic N) is 2. The Kier molecular flexibility index (Phi) is 9.72. The lowest BCUT2D eigenvalue weighted by atomic mass is 9.91. The highest BCUT2D eigenvalue weighted by molar-refractivity contribution is 5.63. The van der Waals surface area contributed by atoms with Gasteiger partial charge in [0.2, 0.25) is 0 Å². The van der Waals surface area contributed by atoms with E-state index in [9.17, 15) is 0 Å². The lowest BCUT2D eigenvalue weighted by Gasteiger charge is -2.16. The van der Waals surface area contributed by atoms with Gasteiger partial charge in [0.1, 0.15) is 6.01 Å². The molecule has 0 aliphatic heterocycles. The molecular formula is C29H42N2. The third-order valence-electron chi connectivity index (χ3n) is 5.32. The molecule has 0 radical (unpaired) electrons. The lowest BCUT2D eigenvalue weighted by Crippen LogP contribution is -2.03. The van der Waals surface area contributed by atoms with E-state index in [0.717, 1.165) is 37.1 Å². The van der Waals surface area contributed by atoms with Gasteiger partial charge in [0.05, 0.1) is 11.4 Å². The predicted octanol–water partition coefficient (Wildman–Crippen LogP) is 8.62. The average Bonchev–Trinajstić information content (AvgIpc) is 2.65. The lowest BCUT2D eigenvalue weighted by molar-refractivity contribution is 0.616. The molecule has 0 unspecified atom stereocenters. The zero-order chi connectivity index (χ0) is 23.0. The molecular weight excluding hydrogens is 376 g/mol. The number of hydrogen-bond acceptors (Lipinski definition) is 2. The molecule has 0 saturated heterocycles. The zero-order valence-electron chi connectivity index (χ0n) is 21.0. The van der Waals surface area contributed by atoms with Crippen molar-refractivity contribution < 1.29 is 0 Å². The molecule has 0 saturated carbocycles. The van der Waals surface area contributed by atoms with Crippen molar-refractivity contribution in [3.05, 3.63) is 58.7 Å². The van der Waals surface area contributed by atoms with E-state index in [1.807, 2.05) is 0 Å². The van der Waals surface area contributed by atoms with Crippen LogP contribution in [0.25, 0.3) is 0 Å². The van der Waals surface area contributed by atoms with Crippen LogP contribution in [0.5, 0.6) is 0 Å². The highest BCUT2D eigenvalue weighted by Gasteiger charge is 2.12. The van der Waals surface area contributed by atoms with Crippen LogP contribution in [0.15, 0.2) is 46.4 Å². The molecule has 0 amide bonds. The molecule has 168 valence electrons. The summed E-state index contributed by atoms with van der Waals surface area (Å²) < 4.78 is 0. The van der Waals surface area contributed by atoms with Crippen molar-refractivity contribution in [3.8, 4) is 0 Å². The third kappa shape index (κ3) is 8.11. The number of aliphatic imine (C=N–C) groups is 2. The number of benzene rings is 2. The topological polar surface area (TPSA) is 24.7 Å². The third-order valence-corrected chi connectivity index (χ3v) is 5.32. The van der Waals surface area contributed by atoms with Crippen LogP contribution in [0.4, 0.5) is 11.4 Å². The maximum Gasteiger partial charge on any atom is 0.100 e. The summed E-state index contributed by atoms with van der Waals surface area (Å²) >= 11 is 0. The summed E-state index contributed by atoms with van der Waals surface area (Å²) in [7, 11) is 0. The van der Waals surface area contributed by atoms with E-state index in [0.29, 0.717) is 23.7 Å². The molecule has 0 aromatic heterocycles. The van der Waals surface area contributed by atoms with Crippen molar-refractivity contribution in [2.45, 2.75) is 81.1 Å². The van der Waals surface area contributed by atoms with E-state index >= 15 is 0 Å². The van der Waals surface area contributed by atoms with E-state index in [1.165, 1.54) is 22.3 Å². The molecule has 0 aliphatic carbocycles. The molecule has 2 heteroatoms. The molecule has 0 bridgehead atoms. The maximum atomic E-state index is 4.72. The van der Waals surface area contributed by atoms with Gasteiger partial charge < -0.3 is 0 Å². The Morgan fingerprint density at radius 1 is 0.548 bits per heavy atom. The Bertz CT molecular complexity index is 825. The highest BCUT2D eigenvalue weighted by Crippen LogP contribution is 2.29. The first-order valence-electron chi connectivity index (χ1n) is 12.0. The van der Waals surface area contributed by atoms with Crippen LogP contribution in [-0.2, 0) is 25.7 Å². The van der Waals surface area contributed by atoms with Crippen LogP contribution < -0.4 is 0 Å². The molecule has 2 rings (SSSR count). The first-order valence-corrected chi connectivity index (χ1v) is 12.0. The molecule has 0 N–H and O–H groups in total. The predicted molar refractivity (Wildman–Crippen MR) is 136 cm³/mol.